The Morgan fingerprint density at radius 2 is 1.88 bits per heavy atom. The SMILES string of the molecule is Cc1ccccc1O[C@H](C)C(=O)N1CCN(CCCC(=O)O)CC1. The van der Waals surface area contributed by atoms with Gasteiger partial charge in [-0.1, -0.05) is 18.2 Å². The van der Waals surface area contributed by atoms with Crippen LogP contribution in [-0.4, -0.2) is 65.6 Å². The summed E-state index contributed by atoms with van der Waals surface area (Å²) in [5.41, 5.74) is 1.01. The van der Waals surface area contributed by atoms with E-state index in [9.17, 15) is 9.59 Å². The molecule has 6 heteroatoms. The third-order valence-electron chi connectivity index (χ3n) is 4.29. The van der Waals surface area contributed by atoms with Gasteiger partial charge in [-0.15, -0.1) is 0 Å². The van der Waals surface area contributed by atoms with Crippen LogP contribution in [0.5, 0.6) is 5.75 Å². The van der Waals surface area contributed by atoms with E-state index in [2.05, 4.69) is 4.90 Å². The number of carbonyl (C=O) groups excluding carboxylic acids is 1. The van der Waals surface area contributed by atoms with Gasteiger partial charge in [0.2, 0.25) is 0 Å². The van der Waals surface area contributed by atoms with Crippen molar-refractivity contribution in [1.29, 1.82) is 0 Å². The van der Waals surface area contributed by atoms with E-state index in [0.29, 0.717) is 19.5 Å². The Morgan fingerprint density at radius 1 is 1.21 bits per heavy atom. The van der Waals surface area contributed by atoms with Crippen molar-refractivity contribution in [2.75, 3.05) is 32.7 Å². The van der Waals surface area contributed by atoms with Gasteiger partial charge in [0.25, 0.3) is 5.91 Å². The van der Waals surface area contributed by atoms with E-state index in [0.717, 1.165) is 30.9 Å². The van der Waals surface area contributed by atoms with Gasteiger partial charge in [0, 0.05) is 32.6 Å². The van der Waals surface area contributed by atoms with Crippen molar-refractivity contribution in [2.45, 2.75) is 32.8 Å². The minimum Gasteiger partial charge on any atom is -0.481 e. The fourth-order valence-corrected chi connectivity index (χ4v) is 2.83. The summed E-state index contributed by atoms with van der Waals surface area (Å²) in [6, 6.07) is 7.68. The van der Waals surface area contributed by atoms with E-state index >= 15 is 0 Å². The number of benzene rings is 1. The van der Waals surface area contributed by atoms with Gasteiger partial charge in [-0.3, -0.25) is 14.5 Å². The van der Waals surface area contributed by atoms with Crippen LogP contribution in [0.1, 0.15) is 25.3 Å². The smallest absolute Gasteiger partial charge is 0.303 e. The predicted molar refractivity (Wildman–Crippen MR) is 91.2 cm³/mol. The number of para-hydroxylation sites is 1. The summed E-state index contributed by atoms with van der Waals surface area (Å²) in [7, 11) is 0. The minimum absolute atomic E-state index is 0.00318. The van der Waals surface area contributed by atoms with Gasteiger partial charge < -0.3 is 14.7 Å². The van der Waals surface area contributed by atoms with Crippen molar-refractivity contribution >= 4 is 11.9 Å². The summed E-state index contributed by atoms with van der Waals surface area (Å²) in [5.74, 6) is -0.0138. The van der Waals surface area contributed by atoms with Crippen molar-refractivity contribution in [2.24, 2.45) is 0 Å². The van der Waals surface area contributed by atoms with Crippen LogP contribution in [0.4, 0.5) is 0 Å². The molecular weight excluding hydrogens is 308 g/mol. The molecule has 132 valence electrons. The number of aliphatic carboxylic acids is 1. The number of hydrogen-bond acceptors (Lipinski definition) is 4. The van der Waals surface area contributed by atoms with E-state index < -0.39 is 12.1 Å². The molecule has 1 aliphatic heterocycles. The molecule has 2 rings (SSSR count). The Morgan fingerprint density at radius 3 is 2.50 bits per heavy atom. The molecule has 1 aromatic carbocycles. The van der Waals surface area contributed by atoms with Gasteiger partial charge in [-0.05, 0) is 38.4 Å². The number of aryl methyl sites for hydroxylation is 1. The highest BCUT2D eigenvalue weighted by molar-refractivity contribution is 5.81. The van der Waals surface area contributed by atoms with Crippen LogP contribution in [0.25, 0.3) is 0 Å². The first-order valence-electron chi connectivity index (χ1n) is 8.42. The normalized spacial score (nSPS) is 16.7. The Kier molecular flexibility index (Phi) is 6.61. The maximum Gasteiger partial charge on any atom is 0.303 e. The van der Waals surface area contributed by atoms with E-state index in [1.54, 1.807) is 6.92 Å². The summed E-state index contributed by atoms with van der Waals surface area (Å²) >= 11 is 0. The van der Waals surface area contributed by atoms with E-state index in [1.165, 1.54) is 0 Å². The number of carbonyl (C=O) groups is 2. The van der Waals surface area contributed by atoms with Crippen LogP contribution in [0.15, 0.2) is 24.3 Å². The molecule has 1 aromatic rings. The third-order valence-corrected chi connectivity index (χ3v) is 4.29. The molecule has 0 aliphatic carbocycles. The van der Waals surface area contributed by atoms with Crippen molar-refractivity contribution < 1.29 is 19.4 Å². The molecule has 1 heterocycles. The zero-order valence-electron chi connectivity index (χ0n) is 14.4. The fourth-order valence-electron chi connectivity index (χ4n) is 2.83. The highest BCUT2D eigenvalue weighted by Gasteiger charge is 2.26. The Labute approximate surface area is 143 Å². The molecule has 0 unspecified atom stereocenters. The maximum atomic E-state index is 12.5. The summed E-state index contributed by atoms with van der Waals surface area (Å²) in [5, 5.41) is 8.67. The first-order chi connectivity index (χ1) is 11.5. The molecule has 1 saturated heterocycles. The molecule has 0 aromatic heterocycles. The first kappa shape index (κ1) is 18.3. The first-order valence-corrected chi connectivity index (χ1v) is 8.42. The average molecular weight is 334 g/mol. The van der Waals surface area contributed by atoms with Crippen molar-refractivity contribution in [3.63, 3.8) is 0 Å². The largest absolute Gasteiger partial charge is 0.481 e. The molecule has 1 aliphatic rings. The number of carboxylic acid groups (broad SMARTS) is 1. The van der Waals surface area contributed by atoms with Gasteiger partial charge in [-0.2, -0.15) is 0 Å². The molecule has 1 N–H and O–H groups in total. The Bertz CT molecular complexity index is 568. The summed E-state index contributed by atoms with van der Waals surface area (Å²) < 4.78 is 5.81. The predicted octanol–water partition coefficient (Wildman–Crippen LogP) is 1.77. The second-order valence-electron chi connectivity index (χ2n) is 6.19. The molecule has 0 spiro atoms. The van der Waals surface area contributed by atoms with Crippen LogP contribution >= 0.6 is 0 Å². The highest BCUT2D eigenvalue weighted by Crippen LogP contribution is 2.18. The van der Waals surface area contributed by atoms with Crippen LogP contribution in [0, 0.1) is 6.92 Å². The van der Waals surface area contributed by atoms with Gasteiger partial charge in [-0.25, -0.2) is 0 Å². The fraction of sp³-hybridized carbons (Fsp3) is 0.556. The van der Waals surface area contributed by atoms with Crippen LogP contribution in [0.2, 0.25) is 0 Å². The number of amides is 1. The lowest BCUT2D eigenvalue weighted by molar-refractivity contribution is -0.139. The summed E-state index contributed by atoms with van der Waals surface area (Å²) in [6.45, 7) is 7.39. The highest BCUT2D eigenvalue weighted by atomic mass is 16.5. The lowest BCUT2D eigenvalue weighted by atomic mass is 10.2. The van der Waals surface area contributed by atoms with Gasteiger partial charge in [0.05, 0.1) is 0 Å². The second-order valence-corrected chi connectivity index (χ2v) is 6.19. The monoisotopic (exact) mass is 334 g/mol. The lowest BCUT2D eigenvalue weighted by Crippen LogP contribution is -2.52. The van der Waals surface area contributed by atoms with E-state index in [1.807, 2.05) is 36.1 Å². The molecule has 6 nitrogen and oxygen atoms in total. The van der Waals surface area contributed by atoms with E-state index in [4.69, 9.17) is 9.84 Å². The number of ether oxygens (including phenoxy) is 1. The Balaban J connectivity index is 1.77. The molecule has 24 heavy (non-hydrogen) atoms. The van der Waals surface area contributed by atoms with Crippen LogP contribution < -0.4 is 4.74 Å². The summed E-state index contributed by atoms with van der Waals surface area (Å²) in [4.78, 5) is 27.1. The number of rotatable bonds is 7. The number of nitrogens with zero attached hydrogens (tertiary/aromatic N) is 2. The van der Waals surface area contributed by atoms with Crippen molar-refractivity contribution in [1.82, 2.24) is 9.80 Å². The lowest BCUT2D eigenvalue weighted by Gasteiger charge is -2.35. The van der Waals surface area contributed by atoms with Gasteiger partial charge >= 0.3 is 5.97 Å². The Hall–Kier alpha value is -2.08. The number of carboxylic acids is 1. The topological polar surface area (TPSA) is 70.1 Å². The van der Waals surface area contributed by atoms with Crippen LogP contribution in [-0.2, 0) is 9.59 Å². The van der Waals surface area contributed by atoms with E-state index in [-0.39, 0.29) is 12.3 Å². The van der Waals surface area contributed by atoms with Crippen molar-refractivity contribution in [3.8, 4) is 5.75 Å². The molecule has 0 saturated carbocycles. The standard InChI is InChI=1S/C18H26N2O4/c1-14-6-3-4-7-16(14)24-15(2)18(23)20-12-10-19(11-13-20)9-5-8-17(21)22/h3-4,6-7,15H,5,8-13H2,1-2H3,(H,21,22)/t15-/m1/s1. The molecule has 1 amide bonds. The molecule has 1 atom stereocenters. The molecule has 0 radical (unpaired) electrons. The van der Waals surface area contributed by atoms with Gasteiger partial charge in [0.1, 0.15) is 5.75 Å². The van der Waals surface area contributed by atoms with Crippen LogP contribution in [0.3, 0.4) is 0 Å². The second kappa shape index (κ2) is 8.68. The average Bonchev–Trinajstić information content (AvgIpc) is 2.56. The van der Waals surface area contributed by atoms with Crippen molar-refractivity contribution in [3.05, 3.63) is 29.8 Å². The zero-order chi connectivity index (χ0) is 17.5. The summed E-state index contributed by atoms with van der Waals surface area (Å²) in [6.07, 6.45) is 0.334. The number of hydrogen-bond donors (Lipinski definition) is 1. The van der Waals surface area contributed by atoms with Gasteiger partial charge in [0.15, 0.2) is 6.10 Å². The quantitative estimate of drug-likeness (QED) is 0.823. The third kappa shape index (κ3) is 5.23. The zero-order valence-corrected chi connectivity index (χ0v) is 14.4. The molecular formula is C18H26N2O4. The molecule has 0 bridgehead atoms. The minimum atomic E-state index is -0.758. The maximum absolute atomic E-state index is 12.5. The molecule has 1 fully saturated rings. The number of piperazine rings is 1.